The first-order valence-electron chi connectivity index (χ1n) is 6.55. The molecule has 0 radical (unpaired) electrons. The highest BCUT2D eigenvalue weighted by Crippen LogP contribution is 2.28. The van der Waals surface area contributed by atoms with Crippen LogP contribution in [0.3, 0.4) is 0 Å². The normalized spacial score (nSPS) is 11.6. The van der Waals surface area contributed by atoms with Crippen molar-refractivity contribution in [3.05, 3.63) is 24.3 Å². The van der Waals surface area contributed by atoms with Crippen LogP contribution in [0.5, 0.6) is 5.75 Å². The minimum atomic E-state index is -0.637. The molecule has 0 saturated heterocycles. The molecule has 0 fully saturated rings. The van der Waals surface area contributed by atoms with Crippen LogP contribution in [0, 0.1) is 0 Å². The minimum absolute atomic E-state index is 0.267. The topological polar surface area (TPSA) is 93.2 Å². The second-order valence-corrected chi connectivity index (χ2v) is 5.53. The van der Waals surface area contributed by atoms with Crippen molar-refractivity contribution in [3.8, 4) is 16.3 Å². The van der Waals surface area contributed by atoms with Gasteiger partial charge in [-0.25, -0.2) is 0 Å². The first kappa shape index (κ1) is 15.9. The van der Waals surface area contributed by atoms with E-state index in [2.05, 4.69) is 20.8 Å². The summed E-state index contributed by atoms with van der Waals surface area (Å²) in [5, 5.41) is 14.2. The number of rotatable bonds is 5. The Morgan fingerprint density at radius 2 is 2.09 bits per heavy atom. The standard InChI is InChI=1S/C14H16N4O3S/c1-8(15-9(2)19)12(20)16-14-18-17-13(22-14)10-5-4-6-11(7-10)21-3/h4-8H,1-3H3,(H,15,19)(H,16,18,20)/t8-/m1/s1. The Labute approximate surface area is 131 Å². The zero-order valence-corrected chi connectivity index (χ0v) is 13.2. The van der Waals surface area contributed by atoms with E-state index in [1.165, 1.54) is 18.3 Å². The predicted octanol–water partition coefficient (Wildman–Crippen LogP) is 1.68. The fraction of sp³-hybridized carbons (Fsp3) is 0.286. The number of hydrogen-bond acceptors (Lipinski definition) is 6. The van der Waals surface area contributed by atoms with E-state index in [1.807, 2.05) is 24.3 Å². The molecule has 7 nitrogen and oxygen atoms in total. The lowest BCUT2D eigenvalue weighted by atomic mass is 10.2. The summed E-state index contributed by atoms with van der Waals surface area (Å²) in [6.07, 6.45) is 0. The molecule has 0 unspecified atom stereocenters. The predicted molar refractivity (Wildman–Crippen MR) is 83.8 cm³/mol. The van der Waals surface area contributed by atoms with E-state index >= 15 is 0 Å². The minimum Gasteiger partial charge on any atom is -0.497 e. The van der Waals surface area contributed by atoms with Crippen molar-refractivity contribution in [2.75, 3.05) is 12.4 Å². The smallest absolute Gasteiger partial charge is 0.248 e. The molecule has 1 aromatic carbocycles. The first-order valence-corrected chi connectivity index (χ1v) is 7.37. The molecule has 2 N–H and O–H groups in total. The molecule has 0 aliphatic heterocycles. The molecule has 2 aromatic rings. The highest BCUT2D eigenvalue weighted by Gasteiger charge is 2.16. The van der Waals surface area contributed by atoms with E-state index in [9.17, 15) is 9.59 Å². The summed E-state index contributed by atoms with van der Waals surface area (Å²) >= 11 is 1.25. The van der Waals surface area contributed by atoms with Gasteiger partial charge in [0.25, 0.3) is 0 Å². The molecule has 1 heterocycles. The van der Waals surface area contributed by atoms with Crippen LogP contribution in [0.4, 0.5) is 5.13 Å². The molecule has 0 spiro atoms. The SMILES string of the molecule is COc1cccc(-c2nnc(NC(=O)[C@@H](C)NC(C)=O)s2)c1. The van der Waals surface area contributed by atoms with Gasteiger partial charge in [0.2, 0.25) is 16.9 Å². The van der Waals surface area contributed by atoms with E-state index in [0.29, 0.717) is 10.1 Å². The lowest BCUT2D eigenvalue weighted by Crippen LogP contribution is -2.40. The Hall–Kier alpha value is -2.48. The van der Waals surface area contributed by atoms with Crippen LogP contribution < -0.4 is 15.4 Å². The number of carbonyl (C=O) groups is 2. The number of amides is 2. The van der Waals surface area contributed by atoms with E-state index in [-0.39, 0.29) is 11.8 Å². The van der Waals surface area contributed by atoms with Gasteiger partial charge in [-0.05, 0) is 19.1 Å². The Balaban J connectivity index is 2.08. The third-order valence-electron chi connectivity index (χ3n) is 2.78. The number of nitrogens with one attached hydrogen (secondary N) is 2. The lowest BCUT2D eigenvalue weighted by Gasteiger charge is -2.10. The van der Waals surface area contributed by atoms with Crippen LogP contribution >= 0.6 is 11.3 Å². The van der Waals surface area contributed by atoms with Gasteiger partial charge >= 0.3 is 0 Å². The summed E-state index contributed by atoms with van der Waals surface area (Å²) in [4.78, 5) is 22.8. The van der Waals surface area contributed by atoms with Gasteiger partial charge < -0.3 is 10.1 Å². The number of anilines is 1. The molecule has 22 heavy (non-hydrogen) atoms. The number of ether oxygens (including phenoxy) is 1. The molecule has 0 bridgehead atoms. The maximum atomic E-state index is 11.9. The fourth-order valence-corrected chi connectivity index (χ4v) is 2.47. The van der Waals surface area contributed by atoms with Gasteiger partial charge in [0.15, 0.2) is 0 Å². The van der Waals surface area contributed by atoms with Crippen molar-refractivity contribution in [1.29, 1.82) is 0 Å². The lowest BCUT2D eigenvalue weighted by molar-refractivity contribution is -0.124. The van der Waals surface area contributed by atoms with Crippen molar-refractivity contribution >= 4 is 28.3 Å². The average molecular weight is 320 g/mol. The van der Waals surface area contributed by atoms with Crippen LogP contribution in [0.1, 0.15) is 13.8 Å². The summed E-state index contributed by atoms with van der Waals surface area (Å²) in [5.74, 6) is 0.109. The van der Waals surface area contributed by atoms with E-state index in [1.54, 1.807) is 14.0 Å². The van der Waals surface area contributed by atoms with Crippen molar-refractivity contribution < 1.29 is 14.3 Å². The van der Waals surface area contributed by atoms with Gasteiger partial charge in [-0.1, -0.05) is 23.5 Å². The fourth-order valence-electron chi connectivity index (χ4n) is 1.73. The third kappa shape index (κ3) is 4.01. The zero-order chi connectivity index (χ0) is 16.1. The maximum absolute atomic E-state index is 11.9. The van der Waals surface area contributed by atoms with Crippen LogP contribution in [0.2, 0.25) is 0 Å². The number of benzene rings is 1. The molecule has 116 valence electrons. The number of hydrogen-bond donors (Lipinski definition) is 2. The van der Waals surface area contributed by atoms with Gasteiger partial charge in [-0.3, -0.25) is 14.9 Å². The maximum Gasteiger partial charge on any atom is 0.248 e. The van der Waals surface area contributed by atoms with Crippen molar-refractivity contribution in [2.45, 2.75) is 19.9 Å². The summed E-state index contributed by atoms with van der Waals surface area (Å²) in [6, 6.07) is 6.77. The summed E-state index contributed by atoms with van der Waals surface area (Å²) in [5.41, 5.74) is 0.854. The van der Waals surface area contributed by atoms with Gasteiger partial charge in [0.05, 0.1) is 7.11 Å². The zero-order valence-electron chi connectivity index (χ0n) is 12.4. The second-order valence-electron chi connectivity index (χ2n) is 4.56. The van der Waals surface area contributed by atoms with Crippen molar-refractivity contribution in [3.63, 3.8) is 0 Å². The summed E-state index contributed by atoms with van der Waals surface area (Å²) in [7, 11) is 1.59. The van der Waals surface area contributed by atoms with Gasteiger partial charge in [-0.15, -0.1) is 10.2 Å². The molecule has 0 saturated carbocycles. The van der Waals surface area contributed by atoms with E-state index in [4.69, 9.17) is 4.74 Å². The quantitative estimate of drug-likeness (QED) is 0.874. The Morgan fingerprint density at radius 1 is 1.32 bits per heavy atom. The van der Waals surface area contributed by atoms with Gasteiger partial charge in [0.1, 0.15) is 16.8 Å². The highest BCUT2D eigenvalue weighted by atomic mass is 32.1. The molecule has 0 aliphatic rings. The van der Waals surface area contributed by atoms with Crippen LogP contribution in [0.25, 0.3) is 10.6 Å². The molecule has 8 heteroatoms. The average Bonchev–Trinajstić information content (AvgIpc) is 2.95. The Bertz CT molecular complexity index is 686. The van der Waals surface area contributed by atoms with E-state index < -0.39 is 6.04 Å². The summed E-state index contributed by atoms with van der Waals surface area (Å²) in [6.45, 7) is 2.95. The monoisotopic (exact) mass is 320 g/mol. The highest BCUT2D eigenvalue weighted by molar-refractivity contribution is 7.18. The number of carbonyl (C=O) groups excluding carboxylic acids is 2. The van der Waals surface area contributed by atoms with Crippen LogP contribution in [-0.4, -0.2) is 35.2 Å². The second kappa shape index (κ2) is 6.99. The van der Waals surface area contributed by atoms with E-state index in [0.717, 1.165) is 11.3 Å². The van der Waals surface area contributed by atoms with Crippen LogP contribution in [0.15, 0.2) is 24.3 Å². The Morgan fingerprint density at radius 3 is 2.77 bits per heavy atom. The first-order chi connectivity index (χ1) is 10.5. The van der Waals surface area contributed by atoms with Gasteiger partial charge in [-0.2, -0.15) is 0 Å². The summed E-state index contributed by atoms with van der Waals surface area (Å²) < 4.78 is 5.16. The molecule has 2 amide bonds. The van der Waals surface area contributed by atoms with Crippen LogP contribution in [-0.2, 0) is 9.59 Å². The van der Waals surface area contributed by atoms with Crippen molar-refractivity contribution in [1.82, 2.24) is 15.5 Å². The Kier molecular flexibility index (Phi) is 5.05. The number of nitrogens with zero attached hydrogens (tertiary/aromatic N) is 2. The van der Waals surface area contributed by atoms with Gasteiger partial charge in [0, 0.05) is 12.5 Å². The molecule has 0 aliphatic carbocycles. The molecular formula is C14H16N4O3S. The number of aromatic nitrogens is 2. The third-order valence-corrected chi connectivity index (χ3v) is 3.67. The molecular weight excluding hydrogens is 304 g/mol. The molecule has 1 atom stereocenters. The molecule has 1 aromatic heterocycles. The largest absolute Gasteiger partial charge is 0.497 e. The number of methoxy groups -OCH3 is 1. The van der Waals surface area contributed by atoms with Crippen molar-refractivity contribution in [2.24, 2.45) is 0 Å². The molecule has 2 rings (SSSR count).